The average molecular weight is 340 g/mol. The molecule has 1 aromatic heterocycles. The molecule has 6 heteroatoms. The maximum absolute atomic E-state index is 12.4. The monoisotopic (exact) mass is 340 g/mol. The molecule has 0 aliphatic rings. The van der Waals surface area contributed by atoms with E-state index in [-0.39, 0.29) is 5.75 Å². The van der Waals surface area contributed by atoms with E-state index in [9.17, 15) is 9.59 Å². The van der Waals surface area contributed by atoms with E-state index in [2.05, 4.69) is 0 Å². The highest BCUT2D eigenvalue weighted by atomic mass is 16.5. The summed E-state index contributed by atoms with van der Waals surface area (Å²) in [5, 5.41) is 0.523. The number of fused-ring (bicyclic) bond motifs is 1. The van der Waals surface area contributed by atoms with Gasteiger partial charge in [-0.2, -0.15) is 0 Å². The summed E-state index contributed by atoms with van der Waals surface area (Å²) < 4.78 is 20.9. The normalized spacial score (nSPS) is 10.5. The second kappa shape index (κ2) is 6.68. The van der Waals surface area contributed by atoms with Crippen LogP contribution in [0, 0.1) is 6.92 Å². The van der Waals surface area contributed by atoms with Gasteiger partial charge in [0.25, 0.3) is 0 Å². The SMILES string of the molecule is COC(=O)c1c(C)oc2ccc(OC(=O)c3ccccc3OC)cc12. The van der Waals surface area contributed by atoms with Crippen LogP contribution in [0.4, 0.5) is 0 Å². The molecule has 0 radical (unpaired) electrons. The number of esters is 2. The van der Waals surface area contributed by atoms with E-state index in [0.29, 0.717) is 33.6 Å². The number of hydrogen-bond acceptors (Lipinski definition) is 6. The molecule has 6 nitrogen and oxygen atoms in total. The molecule has 3 aromatic rings. The van der Waals surface area contributed by atoms with Crippen LogP contribution in [0.5, 0.6) is 11.5 Å². The summed E-state index contributed by atoms with van der Waals surface area (Å²) in [4.78, 5) is 24.3. The Labute approximate surface area is 143 Å². The van der Waals surface area contributed by atoms with Crippen LogP contribution in [0.1, 0.15) is 26.5 Å². The van der Waals surface area contributed by atoms with Crippen LogP contribution in [0.2, 0.25) is 0 Å². The zero-order chi connectivity index (χ0) is 18.0. The number of ether oxygens (including phenoxy) is 3. The van der Waals surface area contributed by atoms with Gasteiger partial charge in [0, 0.05) is 5.39 Å². The second-order valence-electron chi connectivity index (χ2n) is 5.27. The third kappa shape index (κ3) is 3.06. The maximum Gasteiger partial charge on any atom is 0.347 e. The second-order valence-corrected chi connectivity index (χ2v) is 5.27. The van der Waals surface area contributed by atoms with Crippen molar-refractivity contribution in [2.45, 2.75) is 6.92 Å². The Kier molecular flexibility index (Phi) is 4.43. The van der Waals surface area contributed by atoms with Crippen molar-refractivity contribution in [2.24, 2.45) is 0 Å². The van der Waals surface area contributed by atoms with Gasteiger partial charge in [0.05, 0.1) is 14.2 Å². The number of furan rings is 1. The van der Waals surface area contributed by atoms with Gasteiger partial charge < -0.3 is 18.6 Å². The molecule has 0 amide bonds. The van der Waals surface area contributed by atoms with Crippen LogP contribution < -0.4 is 9.47 Å². The summed E-state index contributed by atoms with van der Waals surface area (Å²) in [6.45, 7) is 1.67. The van der Waals surface area contributed by atoms with E-state index in [1.54, 1.807) is 49.4 Å². The average Bonchev–Trinajstić information content (AvgIpc) is 2.96. The minimum atomic E-state index is -0.559. The van der Waals surface area contributed by atoms with Gasteiger partial charge in [-0.15, -0.1) is 0 Å². The van der Waals surface area contributed by atoms with Gasteiger partial charge in [-0.1, -0.05) is 12.1 Å². The lowest BCUT2D eigenvalue weighted by molar-refractivity contribution is 0.0600. The summed E-state index contributed by atoms with van der Waals surface area (Å²) in [5.74, 6) is 0.0773. The third-order valence-electron chi connectivity index (χ3n) is 3.76. The lowest BCUT2D eigenvalue weighted by atomic mass is 10.1. The number of hydrogen-bond donors (Lipinski definition) is 0. The quantitative estimate of drug-likeness (QED) is 0.532. The van der Waals surface area contributed by atoms with E-state index in [1.165, 1.54) is 14.2 Å². The standard InChI is InChI=1S/C19H16O6/c1-11-17(19(21)23-3)14-10-12(8-9-16(14)24-11)25-18(20)13-6-4-5-7-15(13)22-2/h4-10H,1-3H3. The minimum Gasteiger partial charge on any atom is -0.496 e. The number of methoxy groups -OCH3 is 2. The fourth-order valence-corrected chi connectivity index (χ4v) is 2.59. The fourth-order valence-electron chi connectivity index (χ4n) is 2.59. The van der Waals surface area contributed by atoms with E-state index in [0.717, 1.165) is 0 Å². The van der Waals surface area contributed by atoms with E-state index in [4.69, 9.17) is 18.6 Å². The highest BCUT2D eigenvalue weighted by Gasteiger charge is 2.20. The maximum atomic E-state index is 12.4. The molecule has 0 aliphatic carbocycles. The Morgan fingerprint density at radius 1 is 1.00 bits per heavy atom. The van der Waals surface area contributed by atoms with Crippen molar-refractivity contribution in [3.63, 3.8) is 0 Å². The van der Waals surface area contributed by atoms with E-state index < -0.39 is 11.9 Å². The summed E-state index contributed by atoms with van der Waals surface area (Å²) in [5.41, 5.74) is 1.13. The van der Waals surface area contributed by atoms with Crippen LogP contribution in [0.25, 0.3) is 11.0 Å². The van der Waals surface area contributed by atoms with Crippen LogP contribution in [0.15, 0.2) is 46.9 Å². The summed E-state index contributed by atoms with van der Waals surface area (Å²) in [6, 6.07) is 11.6. The molecule has 0 saturated carbocycles. The molecular weight excluding hydrogens is 324 g/mol. The minimum absolute atomic E-state index is 0.286. The first-order valence-corrected chi connectivity index (χ1v) is 7.51. The first-order chi connectivity index (χ1) is 12.0. The number of aryl methyl sites for hydroxylation is 1. The van der Waals surface area contributed by atoms with Gasteiger partial charge in [-0.05, 0) is 37.3 Å². The molecule has 0 atom stereocenters. The molecule has 128 valence electrons. The van der Waals surface area contributed by atoms with Crippen molar-refractivity contribution in [1.82, 2.24) is 0 Å². The van der Waals surface area contributed by atoms with Crippen molar-refractivity contribution >= 4 is 22.9 Å². The summed E-state index contributed by atoms with van der Waals surface area (Å²) in [6.07, 6.45) is 0. The largest absolute Gasteiger partial charge is 0.496 e. The number of rotatable bonds is 4. The lowest BCUT2D eigenvalue weighted by Crippen LogP contribution is -2.10. The topological polar surface area (TPSA) is 75.0 Å². The molecule has 2 aromatic carbocycles. The highest BCUT2D eigenvalue weighted by Crippen LogP contribution is 2.30. The number of benzene rings is 2. The Morgan fingerprint density at radius 3 is 2.48 bits per heavy atom. The van der Waals surface area contributed by atoms with Crippen molar-refractivity contribution < 1.29 is 28.2 Å². The van der Waals surface area contributed by atoms with Gasteiger partial charge in [0.2, 0.25) is 0 Å². The number of carbonyl (C=O) groups is 2. The molecule has 0 spiro atoms. The van der Waals surface area contributed by atoms with Crippen LogP contribution in [0.3, 0.4) is 0 Å². The smallest absolute Gasteiger partial charge is 0.347 e. The fraction of sp³-hybridized carbons (Fsp3) is 0.158. The predicted octanol–water partition coefficient (Wildman–Crippen LogP) is 3.76. The summed E-state index contributed by atoms with van der Waals surface area (Å²) >= 11 is 0. The molecule has 25 heavy (non-hydrogen) atoms. The van der Waals surface area contributed by atoms with Gasteiger partial charge >= 0.3 is 11.9 Å². The zero-order valence-electron chi connectivity index (χ0n) is 14.0. The summed E-state index contributed by atoms with van der Waals surface area (Å²) in [7, 11) is 2.78. The van der Waals surface area contributed by atoms with Gasteiger partial charge in [0.1, 0.15) is 34.0 Å². The molecule has 0 saturated heterocycles. The molecule has 0 aliphatic heterocycles. The lowest BCUT2D eigenvalue weighted by Gasteiger charge is -2.08. The van der Waals surface area contributed by atoms with Crippen LogP contribution in [-0.4, -0.2) is 26.2 Å². The Morgan fingerprint density at radius 2 is 1.76 bits per heavy atom. The highest BCUT2D eigenvalue weighted by molar-refractivity contribution is 6.05. The molecule has 0 fully saturated rings. The number of para-hydroxylation sites is 1. The Balaban J connectivity index is 1.97. The molecule has 1 heterocycles. The van der Waals surface area contributed by atoms with E-state index >= 15 is 0 Å². The third-order valence-corrected chi connectivity index (χ3v) is 3.76. The van der Waals surface area contributed by atoms with Crippen molar-refractivity contribution in [1.29, 1.82) is 0 Å². The molecule has 3 rings (SSSR count). The Hall–Kier alpha value is -3.28. The molecule has 0 unspecified atom stereocenters. The predicted molar refractivity (Wildman–Crippen MR) is 90.2 cm³/mol. The first-order valence-electron chi connectivity index (χ1n) is 7.51. The van der Waals surface area contributed by atoms with Crippen molar-refractivity contribution in [3.05, 3.63) is 59.4 Å². The van der Waals surface area contributed by atoms with Crippen LogP contribution in [-0.2, 0) is 4.74 Å². The van der Waals surface area contributed by atoms with Crippen molar-refractivity contribution in [2.75, 3.05) is 14.2 Å². The Bertz CT molecular complexity index is 954. The molecular formula is C19H16O6. The molecule has 0 bridgehead atoms. The van der Waals surface area contributed by atoms with Crippen LogP contribution >= 0.6 is 0 Å². The van der Waals surface area contributed by atoms with E-state index in [1.807, 2.05) is 0 Å². The van der Waals surface area contributed by atoms with Crippen molar-refractivity contribution in [3.8, 4) is 11.5 Å². The first kappa shape index (κ1) is 16.6. The van der Waals surface area contributed by atoms with Gasteiger partial charge in [-0.3, -0.25) is 0 Å². The van der Waals surface area contributed by atoms with Gasteiger partial charge in [0.15, 0.2) is 0 Å². The van der Waals surface area contributed by atoms with Gasteiger partial charge in [-0.25, -0.2) is 9.59 Å². The number of carbonyl (C=O) groups excluding carboxylic acids is 2. The zero-order valence-corrected chi connectivity index (χ0v) is 14.0. The molecule has 0 N–H and O–H groups in total.